The van der Waals surface area contributed by atoms with Crippen molar-refractivity contribution >= 4 is 8.25 Å². The van der Waals surface area contributed by atoms with Gasteiger partial charge in [-0.25, -0.2) is 4.52 Å². The molecule has 0 aliphatic rings. The lowest BCUT2D eigenvalue weighted by Crippen LogP contribution is -2.07. The molecule has 0 saturated heterocycles. The normalized spacial score (nSPS) is 12.2. The number of hydrogen-bond acceptors (Lipinski definition) is 2. The van der Waals surface area contributed by atoms with Gasteiger partial charge >= 0.3 is 8.25 Å². The van der Waals surface area contributed by atoms with Crippen molar-refractivity contribution in [1.82, 2.24) is 0 Å². The fraction of sp³-hybridized carbons (Fsp3) is 0.429. The molecular formula is C21H28O3P+. The highest BCUT2D eigenvalue weighted by Gasteiger charge is 2.24. The summed E-state index contributed by atoms with van der Waals surface area (Å²) >= 11 is 0. The molecule has 0 fully saturated rings. The monoisotopic (exact) mass is 359 g/mol. The van der Waals surface area contributed by atoms with Crippen LogP contribution in [0.2, 0.25) is 0 Å². The molecular weight excluding hydrogens is 331 g/mol. The van der Waals surface area contributed by atoms with Crippen LogP contribution in [0, 0.1) is 0 Å². The van der Waals surface area contributed by atoms with E-state index >= 15 is 0 Å². The summed E-state index contributed by atoms with van der Waals surface area (Å²) < 4.78 is 16.4. The minimum Gasteiger partial charge on any atom is -0.229 e. The van der Waals surface area contributed by atoms with Crippen molar-refractivity contribution < 1.29 is 14.0 Å². The van der Waals surface area contributed by atoms with Crippen molar-refractivity contribution in [3.05, 3.63) is 53.1 Å². The summed E-state index contributed by atoms with van der Waals surface area (Å²) in [5.41, 5.74) is 5.99. The molecule has 2 rings (SSSR count). The van der Waals surface area contributed by atoms with Crippen LogP contribution in [0.25, 0.3) is 11.1 Å². The van der Waals surface area contributed by atoms with Crippen LogP contribution in [0.3, 0.4) is 0 Å². The third-order valence-electron chi connectivity index (χ3n) is 4.45. The molecule has 134 valence electrons. The van der Waals surface area contributed by atoms with Gasteiger partial charge in [0.15, 0.2) is 5.75 Å². The van der Waals surface area contributed by atoms with E-state index in [-0.39, 0.29) is 0 Å². The van der Waals surface area contributed by atoms with Gasteiger partial charge in [-0.3, -0.25) is 0 Å². The summed E-state index contributed by atoms with van der Waals surface area (Å²) in [5.74, 6) is 1.63. The van der Waals surface area contributed by atoms with E-state index in [2.05, 4.69) is 53.7 Å². The molecule has 1 unspecified atom stereocenters. The summed E-state index contributed by atoms with van der Waals surface area (Å²) in [7, 11) is -2.69. The number of rotatable bonds is 6. The number of para-hydroxylation sites is 1. The van der Waals surface area contributed by atoms with Crippen molar-refractivity contribution in [3.8, 4) is 16.9 Å². The first-order valence-electron chi connectivity index (χ1n) is 8.84. The Balaban J connectivity index is 2.79. The molecule has 25 heavy (non-hydrogen) atoms. The second-order valence-electron chi connectivity index (χ2n) is 7.32. The molecule has 0 saturated carbocycles. The Bertz CT molecular complexity index is 764. The second-order valence-corrected chi connectivity index (χ2v) is 7.98. The lowest BCUT2D eigenvalue weighted by Gasteiger charge is -2.26. The smallest absolute Gasteiger partial charge is 0.229 e. The zero-order valence-electron chi connectivity index (χ0n) is 15.9. The SMILES string of the molecule is CC(C)c1ccc(-c2ccccc2O[P+](=O)O)c(C(C)C)c1C(C)C. The Hall–Kier alpha value is -1.70. The maximum Gasteiger partial charge on any atom is 0.747 e. The van der Waals surface area contributed by atoms with Gasteiger partial charge in [0.1, 0.15) is 0 Å². The van der Waals surface area contributed by atoms with Crippen LogP contribution in [-0.2, 0) is 4.57 Å². The second kappa shape index (κ2) is 8.12. The standard InChI is InChI=1S/C21H27O3P/c1-13(2)16-11-12-18(21(15(5)6)20(16)14(3)4)17-9-7-8-10-19(17)24-25(22)23/h7-15H,1-6H3/p+1. The fourth-order valence-corrected chi connectivity index (χ4v) is 3.84. The number of hydrogen-bond donors (Lipinski definition) is 1. The van der Waals surface area contributed by atoms with Crippen LogP contribution < -0.4 is 4.52 Å². The number of benzene rings is 2. The summed E-state index contributed by atoms with van der Waals surface area (Å²) in [6.45, 7) is 13.3. The van der Waals surface area contributed by atoms with Crippen LogP contribution >= 0.6 is 8.25 Å². The molecule has 1 N–H and O–H groups in total. The fourth-order valence-electron chi connectivity index (χ4n) is 3.51. The lowest BCUT2D eigenvalue weighted by atomic mass is 9.79. The molecule has 0 bridgehead atoms. The molecule has 0 amide bonds. The van der Waals surface area contributed by atoms with E-state index in [0.29, 0.717) is 23.5 Å². The van der Waals surface area contributed by atoms with Crippen LogP contribution in [0.5, 0.6) is 5.75 Å². The van der Waals surface area contributed by atoms with Gasteiger partial charge in [-0.2, -0.15) is 0 Å². The van der Waals surface area contributed by atoms with Gasteiger partial charge < -0.3 is 0 Å². The van der Waals surface area contributed by atoms with Gasteiger partial charge in [-0.05, 0) is 46.1 Å². The maximum atomic E-state index is 11.2. The largest absolute Gasteiger partial charge is 0.747 e. The quantitative estimate of drug-likeness (QED) is 0.580. The molecule has 0 heterocycles. The molecule has 0 aliphatic heterocycles. The van der Waals surface area contributed by atoms with Gasteiger partial charge in [-0.15, -0.1) is 4.89 Å². The first-order chi connectivity index (χ1) is 11.7. The first-order valence-corrected chi connectivity index (χ1v) is 9.97. The molecule has 2 aromatic rings. The average molecular weight is 359 g/mol. The third-order valence-corrected chi connectivity index (χ3v) is 4.80. The molecule has 0 spiro atoms. The summed E-state index contributed by atoms with van der Waals surface area (Å²) in [6.07, 6.45) is 0. The third kappa shape index (κ3) is 4.29. The zero-order chi connectivity index (χ0) is 18.7. The van der Waals surface area contributed by atoms with Crippen LogP contribution in [-0.4, -0.2) is 4.89 Å². The predicted molar refractivity (Wildman–Crippen MR) is 105 cm³/mol. The van der Waals surface area contributed by atoms with E-state index in [0.717, 1.165) is 11.1 Å². The topological polar surface area (TPSA) is 46.5 Å². The maximum absolute atomic E-state index is 11.2. The first kappa shape index (κ1) is 19.6. The Morgan fingerprint density at radius 1 is 0.800 bits per heavy atom. The molecule has 0 aromatic heterocycles. The Labute approximate surface area is 152 Å². The summed E-state index contributed by atoms with van der Waals surface area (Å²) in [5, 5.41) is 0. The van der Waals surface area contributed by atoms with E-state index in [9.17, 15) is 9.46 Å². The van der Waals surface area contributed by atoms with Crippen LogP contribution in [0.4, 0.5) is 0 Å². The van der Waals surface area contributed by atoms with E-state index in [1.807, 2.05) is 18.2 Å². The Kier molecular flexibility index (Phi) is 6.37. The van der Waals surface area contributed by atoms with Crippen LogP contribution in [0.15, 0.2) is 36.4 Å². The molecule has 0 radical (unpaired) electrons. The van der Waals surface area contributed by atoms with Gasteiger partial charge in [0.2, 0.25) is 0 Å². The molecule has 0 aliphatic carbocycles. The van der Waals surface area contributed by atoms with Gasteiger partial charge in [0.05, 0.1) is 0 Å². The molecule has 2 aromatic carbocycles. The van der Waals surface area contributed by atoms with Crippen LogP contribution in [0.1, 0.15) is 76.0 Å². The summed E-state index contributed by atoms with van der Waals surface area (Å²) in [4.78, 5) is 9.20. The molecule has 1 atom stereocenters. The minimum atomic E-state index is -2.69. The average Bonchev–Trinajstić information content (AvgIpc) is 2.53. The minimum absolute atomic E-state index is 0.335. The van der Waals surface area contributed by atoms with E-state index in [4.69, 9.17) is 4.52 Å². The Morgan fingerprint density at radius 3 is 1.92 bits per heavy atom. The van der Waals surface area contributed by atoms with Crippen molar-refractivity contribution in [3.63, 3.8) is 0 Å². The zero-order valence-corrected chi connectivity index (χ0v) is 16.8. The highest BCUT2D eigenvalue weighted by atomic mass is 31.1. The predicted octanol–water partition coefficient (Wildman–Crippen LogP) is 6.75. The van der Waals surface area contributed by atoms with Crippen molar-refractivity contribution in [2.75, 3.05) is 0 Å². The van der Waals surface area contributed by atoms with E-state index in [1.54, 1.807) is 6.07 Å². The van der Waals surface area contributed by atoms with E-state index in [1.165, 1.54) is 16.7 Å². The molecule has 4 heteroatoms. The lowest BCUT2D eigenvalue weighted by molar-refractivity contribution is 0.411. The Morgan fingerprint density at radius 2 is 1.40 bits per heavy atom. The van der Waals surface area contributed by atoms with Crippen molar-refractivity contribution in [2.24, 2.45) is 0 Å². The van der Waals surface area contributed by atoms with Crippen molar-refractivity contribution in [2.45, 2.75) is 59.3 Å². The summed E-state index contributed by atoms with van der Waals surface area (Å²) in [6, 6.07) is 11.8. The molecule has 3 nitrogen and oxygen atoms in total. The van der Waals surface area contributed by atoms with E-state index < -0.39 is 8.25 Å². The highest BCUT2D eigenvalue weighted by molar-refractivity contribution is 7.32. The van der Waals surface area contributed by atoms with Gasteiger partial charge in [0, 0.05) is 10.1 Å². The van der Waals surface area contributed by atoms with Crippen molar-refractivity contribution in [1.29, 1.82) is 0 Å². The highest BCUT2D eigenvalue weighted by Crippen LogP contribution is 2.43. The van der Waals surface area contributed by atoms with Gasteiger partial charge in [-0.1, -0.05) is 71.9 Å². The van der Waals surface area contributed by atoms with Gasteiger partial charge in [0.25, 0.3) is 0 Å².